The highest BCUT2D eigenvalue weighted by molar-refractivity contribution is 5.60. The van der Waals surface area contributed by atoms with Crippen LogP contribution in [0.4, 0.5) is 17.5 Å². The van der Waals surface area contributed by atoms with Crippen LogP contribution in [0.1, 0.15) is 12.8 Å². The van der Waals surface area contributed by atoms with Crippen LogP contribution >= 0.6 is 0 Å². The third kappa shape index (κ3) is 3.51. The van der Waals surface area contributed by atoms with Gasteiger partial charge in [0.25, 0.3) is 0 Å². The Morgan fingerprint density at radius 2 is 2.00 bits per heavy atom. The molecule has 0 aliphatic carbocycles. The average molecular weight is 328 g/mol. The van der Waals surface area contributed by atoms with Gasteiger partial charge in [0, 0.05) is 31.1 Å². The van der Waals surface area contributed by atoms with Crippen LogP contribution in [0.5, 0.6) is 11.5 Å². The third-order valence-corrected chi connectivity index (χ3v) is 3.99. The highest BCUT2D eigenvalue weighted by atomic mass is 16.6. The van der Waals surface area contributed by atoms with E-state index in [-0.39, 0.29) is 6.10 Å². The van der Waals surface area contributed by atoms with E-state index in [2.05, 4.69) is 20.6 Å². The summed E-state index contributed by atoms with van der Waals surface area (Å²) in [6.07, 6.45) is 4.23. The van der Waals surface area contributed by atoms with Crippen molar-refractivity contribution in [3.05, 3.63) is 30.5 Å². The zero-order valence-electron chi connectivity index (χ0n) is 13.3. The first-order chi connectivity index (χ1) is 11.9. The van der Waals surface area contributed by atoms with Crippen molar-refractivity contribution in [1.82, 2.24) is 9.97 Å². The summed E-state index contributed by atoms with van der Waals surface area (Å²) in [7, 11) is 0. The molecular formula is C17H20N4O3. The van der Waals surface area contributed by atoms with Gasteiger partial charge in [0.15, 0.2) is 11.5 Å². The number of benzene rings is 1. The predicted molar refractivity (Wildman–Crippen MR) is 90.2 cm³/mol. The zero-order valence-corrected chi connectivity index (χ0v) is 13.3. The Labute approximate surface area is 140 Å². The molecule has 4 rings (SSSR count). The number of hydrogen-bond donors (Lipinski definition) is 2. The van der Waals surface area contributed by atoms with E-state index in [0.717, 1.165) is 49.0 Å². The minimum atomic E-state index is 0.272. The molecule has 1 saturated heterocycles. The molecule has 2 aromatic rings. The molecule has 2 aliphatic heterocycles. The van der Waals surface area contributed by atoms with E-state index in [9.17, 15) is 0 Å². The number of ether oxygens (including phenoxy) is 3. The highest BCUT2D eigenvalue weighted by Crippen LogP contribution is 2.33. The predicted octanol–water partition coefficient (Wildman–Crippen LogP) is 2.58. The lowest BCUT2D eigenvalue weighted by Gasteiger charge is -2.19. The van der Waals surface area contributed by atoms with Crippen LogP contribution < -0.4 is 20.1 Å². The molecule has 7 nitrogen and oxygen atoms in total. The van der Waals surface area contributed by atoms with Gasteiger partial charge >= 0.3 is 0 Å². The molecule has 0 radical (unpaired) electrons. The Hall–Kier alpha value is -2.54. The second-order valence-corrected chi connectivity index (χ2v) is 5.76. The van der Waals surface area contributed by atoms with E-state index in [1.165, 1.54) is 0 Å². The van der Waals surface area contributed by atoms with E-state index in [1.54, 1.807) is 6.20 Å². The molecule has 1 aromatic carbocycles. The summed E-state index contributed by atoms with van der Waals surface area (Å²) < 4.78 is 16.7. The van der Waals surface area contributed by atoms with Crippen LogP contribution in [-0.2, 0) is 4.74 Å². The molecule has 126 valence electrons. The quantitative estimate of drug-likeness (QED) is 0.873. The first-order valence-electron chi connectivity index (χ1n) is 8.22. The van der Waals surface area contributed by atoms with E-state index >= 15 is 0 Å². The van der Waals surface area contributed by atoms with Crippen molar-refractivity contribution >= 4 is 17.5 Å². The van der Waals surface area contributed by atoms with Gasteiger partial charge in [-0.25, -0.2) is 4.98 Å². The second kappa shape index (κ2) is 6.92. The molecule has 0 amide bonds. The molecule has 0 spiro atoms. The topological polar surface area (TPSA) is 77.5 Å². The first-order valence-corrected chi connectivity index (χ1v) is 8.22. The minimum absolute atomic E-state index is 0.272. The zero-order chi connectivity index (χ0) is 16.2. The van der Waals surface area contributed by atoms with Crippen LogP contribution in [0, 0.1) is 0 Å². The molecule has 24 heavy (non-hydrogen) atoms. The smallest absolute Gasteiger partial charge is 0.229 e. The van der Waals surface area contributed by atoms with Crippen molar-refractivity contribution in [3.63, 3.8) is 0 Å². The van der Waals surface area contributed by atoms with Gasteiger partial charge in [0.1, 0.15) is 19.0 Å². The Morgan fingerprint density at radius 3 is 2.88 bits per heavy atom. The summed E-state index contributed by atoms with van der Waals surface area (Å²) in [4.78, 5) is 8.74. The van der Waals surface area contributed by atoms with Gasteiger partial charge in [0.2, 0.25) is 5.95 Å². The molecule has 2 N–H and O–H groups in total. The van der Waals surface area contributed by atoms with Gasteiger partial charge < -0.3 is 24.8 Å². The molecule has 1 fully saturated rings. The summed E-state index contributed by atoms with van der Waals surface area (Å²) in [5.74, 6) is 2.81. The SMILES string of the molecule is c1cc(NCC2CCCO2)nc(Nc2ccc3c(c2)OCCO3)n1. The largest absolute Gasteiger partial charge is 0.486 e. The molecular weight excluding hydrogens is 308 g/mol. The van der Waals surface area contributed by atoms with Crippen molar-refractivity contribution in [2.75, 3.05) is 37.0 Å². The molecule has 1 unspecified atom stereocenters. The Morgan fingerprint density at radius 1 is 1.08 bits per heavy atom. The summed E-state index contributed by atoms with van der Waals surface area (Å²) in [5.41, 5.74) is 0.857. The normalized spacial score (nSPS) is 19.1. The molecule has 0 bridgehead atoms. The molecule has 2 aliphatic rings. The number of nitrogens with zero attached hydrogens (tertiary/aromatic N) is 2. The Kier molecular flexibility index (Phi) is 4.33. The molecule has 1 aromatic heterocycles. The molecule has 3 heterocycles. The van der Waals surface area contributed by atoms with Crippen LogP contribution in [0.2, 0.25) is 0 Å². The highest BCUT2D eigenvalue weighted by Gasteiger charge is 2.15. The van der Waals surface area contributed by atoms with Crippen molar-refractivity contribution in [2.45, 2.75) is 18.9 Å². The van der Waals surface area contributed by atoms with Gasteiger partial charge in [-0.15, -0.1) is 0 Å². The maximum Gasteiger partial charge on any atom is 0.229 e. The maximum absolute atomic E-state index is 5.61. The van der Waals surface area contributed by atoms with Crippen molar-refractivity contribution in [2.24, 2.45) is 0 Å². The molecule has 0 saturated carbocycles. The number of hydrogen-bond acceptors (Lipinski definition) is 7. The van der Waals surface area contributed by atoms with Crippen molar-refractivity contribution < 1.29 is 14.2 Å². The number of anilines is 3. The molecule has 7 heteroatoms. The third-order valence-electron chi connectivity index (χ3n) is 3.99. The van der Waals surface area contributed by atoms with Crippen LogP contribution in [0.15, 0.2) is 30.5 Å². The summed E-state index contributed by atoms with van der Waals surface area (Å²) in [6, 6.07) is 7.55. The van der Waals surface area contributed by atoms with Gasteiger partial charge in [-0.2, -0.15) is 4.98 Å². The van der Waals surface area contributed by atoms with E-state index in [1.807, 2.05) is 24.3 Å². The van der Waals surface area contributed by atoms with Gasteiger partial charge in [-0.05, 0) is 31.0 Å². The standard InChI is InChI=1S/C17H20N4O3/c1-2-13(22-7-1)11-19-16-5-6-18-17(21-16)20-12-3-4-14-15(10-12)24-9-8-23-14/h3-6,10,13H,1-2,7-9,11H2,(H2,18,19,20,21). The second-order valence-electron chi connectivity index (χ2n) is 5.76. The summed E-state index contributed by atoms with van der Waals surface area (Å²) in [5, 5.41) is 6.50. The first kappa shape index (κ1) is 15.0. The minimum Gasteiger partial charge on any atom is -0.486 e. The fourth-order valence-corrected chi connectivity index (χ4v) is 2.79. The van der Waals surface area contributed by atoms with Gasteiger partial charge in [0.05, 0.1) is 6.10 Å². The fraction of sp³-hybridized carbons (Fsp3) is 0.412. The summed E-state index contributed by atoms with van der Waals surface area (Å²) in [6.45, 7) is 2.77. The number of nitrogens with one attached hydrogen (secondary N) is 2. The van der Waals surface area contributed by atoms with Crippen LogP contribution in [-0.4, -0.2) is 42.4 Å². The Balaban J connectivity index is 1.41. The maximum atomic E-state index is 5.61. The van der Waals surface area contributed by atoms with Crippen LogP contribution in [0.25, 0.3) is 0 Å². The lowest BCUT2D eigenvalue weighted by Crippen LogP contribution is -2.19. The summed E-state index contributed by atoms with van der Waals surface area (Å²) >= 11 is 0. The average Bonchev–Trinajstić information content (AvgIpc) is 3.14. The number of rotatable bonds is 5. The monoisotopic (exact) mass is 328 g/mol. The molecule has 1 atom stereocenters. The van der Waals surface area contributed by atoms with Crippen LogP contribution in [0.3, 0.4) is 0 Å². The van der Waals surface area contributed by atoms with Crippen molar-refractivity contribution in [1.29, 1.82) is 0 Å². The number of fused-ring (bicyclic) bond motifs is 1. The van der Waals surface area contributed by atoms with E-state index in [0.29, 0.717) is 19.2 Å². The van der Waals surface area contributed by atoms with Gasteiger partial charge in [-0.3, -0.25) is 0 Å². The fourth-order valence-electron chi connectivity index (χ4n) is 2.79. The lowest BCUT2D eigenvalue weighted by atomic mass is 10.2. The lowest BCUT2D eigenvalue weighted by molar-refractivity contribution is 0.120. The van der Waals surface area contributed by atoms with E-state index in [4.69, 9.17) is 14.2 Å². The Bertz CT molecular complexity index is 704. The van der Waals surface area contributed by atoms with E-state index < -0.39 is 0 Å². The van der Waals surface area contributed by atoms with Crippen molar-refractivity contribution in [3.8, 4) is 11.5 Å². The van der Waals surface area contributed by atoms with Gasteiger partial charge in [-0.1, -0.05) is 0 Å². The number of aromatic nitrogens is 2.